The van der Waals surface area contributed by atoms with Gasteiger partial charge in [0, 0.05) is 26.4 Å². The lowest BCUT2D eigenvalue weighted by molar-refractivity contribution is -0.123. The van der Waals surface area contributed by atoms with E-state index in [1.165, 1.54) is 11.0 Å². The molecule has 1 aromatic heterocycles. The summed E-state index contributed by atoms with van der Waals surface area (Å²) in [6, 6.07) is 1.65. The van der Waals surface area contributed by atoms with Crippen LogP contribution >= 0.6 is 23.2 Å². The fraction of sp³-hybridized carbons (Fsp3) is 0.200. The van der Waals surface area contributed by atoms with Crippen LogP contribution in [0.2, 0.25) is 10.2 Å². The Hall–Kier alpha value is -1.06. The van der Waals surface area contributed by atoms with E-state index in [0.29, 0.717) is 5.02 Å². The molecule has 0 saturated carbocycles. The van der Waals surface area contributed by atoms with Crippen molar-refractivity contribution >= 4 is 35.2 Å². The van der Waals surface area contributed by atoms with Gasteiger partial charge in [-0.1, -0.05) is 23.2 Å². The first-order valence-electron chi connectivity index (χ1n) is 4.21. The Morgan fingerprint density at radius 2 is 2.13 bits per heavy atom. The van der Waals surface area contributed by atoms with Crippen LogP contribution in [0.4, 0.5) is 0 Å². The monoisotopic (exact) mass is 244 g/mol. The zero-order valence-corrected chi connectivity index (χ0v) is 9.88. The Kier molecular flexibility index (Phi) is 4.12. The Bertz CT molecular complexity index is 402. The fourth-order valence-electron chi connectivity index (χ4n) is 0.844. The zero-order chi connectivity index (χ0) is 11.4. The van der Waals surface area contributed by atoms with Crippen molar-refractivity contribution in [1.82, 2.24) is 9.88 Å². The van der Waals surface area contributed by atoms with Gasteiger partial charge < -0.3 is 4.90 Å². The second-order valence-electron chi connectivity index (χ2n) is 3.11. The summed E-state index contributed by atoms with van der Waals surface area (Å²) >= 11 is 11.4. The lowest BCUT2D eigenvalue weighted by atomic mass is 10.2. The van der Waals surface area contributed by atoms with Crippen molar-refractivity contribution < 1.29 is 4.79 Å². The molecule has 0 fully saturated rings. The predicted molar refractivity (Wildman–Crippen MR) is 62.0 cm³/mol. The standard InChI is InChI=1S/C10H10Cl2N2O/c1-14(2)9(15)4-3-7-5-8(11)10(12)13-6-7/h3-6H,1-2H3. The summed E-state index contributed by atoms with van der Waals surface area (Å²) in [7, 11) is 3.36. The minimum atomic E-state index is -0.0962. The van der Waals surface area contributed by atoms with E-state index in [1.54, 1.807) is 32.4 Å². The summed E-state index contributed by atoms with van der Waals surface area (Å²) in [6.07, 6.45) is 4.63. The van der Waals surface area contributed by atoms with Crippen molar-refractivity contribution in [2.75, 3.05) is 14.1 Å². The predicted octanol–water partition coefficient (Wildman–Crippen LogP) is 2.49. The second kappa shape index (κ2) is 5.14. The normalized spacial score (nSPS) is 10.7. The number of amides is 1. The lowest BCUT2D eigenvalue weighted by Crippen LogP contribution is -2.18. The molecular weight excluding hydrogens is 235 g/mol. The van der Waals surface area contributed by atoms with Gasteiger partial charge in [0.2, 0.25) is 5.91 Å². The zero-order valence-electron chi connectivity index (χ0n) is 8.37. The number of nitrogens with zero attached hydrogens (tertiary/aromatic N) is 2. The summed E-state index contributed by atoms with van der Waals surface area (Å²) in [4.78, 5) is 16.6. The summed E-state index contributed by atoms with van der Waals surface area (Å²) in [5.74, 6) is -0.0962. The van der Waals surface area contributed by atoms with Gasteiger partial charge in [0.05, 0.1) is 5.02 Å². The number of likely N-dealkylation sites (N-methyl/N-ethyl adjacent to an activating group) is 1. The van der Waals surface area contributed by atoms with Crippen molar-refractivity contribution in [2.45, 2.75) is 0 Å². The molecule has 80 valence electrons. The molecule has 0 unspecified atom stereocenters. The second-order valence-corrected chi connectivity index (χ2v) is 3.87. The number of hydrogen-bond acceptors (Lipinski definition) is 2. The maximum absolute atomic E-state index is 11.2. The summed E-state index contributed by atoms with van der Waals surface area (Å²) in [6.45, 7) is 0. The van der Waals surface area contributed by atoms with E-state index in [2.05, 4.69) is 4.98 Å². The number of halogens is 2. The minimum Gasteiger partial charge on any atom is -0.345 e. The van der Waals surface area contributed by atoms with Crippen LogP contribution in [0, 0.1) is 0 Å². The highest BCUT2D eigenvalue weighted by Crippen LogP contribution is 2.20. The van der Waals surface area contributed by atoms with Crippen LogP contribution in [-0.2, 0) is 4.79 Å². The molecule has 15 heavy (non-hydrogen) atoms. The maximum atomic E-state index is 11.2. The van der Waals surface area contributed by atoms with Crippen LogP contribution in [0.25, 0.3) is 6.08 Å². The average Bonchev–Trinajstić information content (AvgIpc) is 2.19. The number of carbonyl (C=O) groups is 1. The lowest BCUT2D eigenvalue weighted by Gasteiger charge is -2.05. The average molecular weight is 245 g/mol. The third kappa shape index (κ3) is 3.53. The van der Waals surface area contributed by atoms with E-state index < -0.39 is 0 Å². The first kappa shape index (κ1) is 12.0. The fourth-order valence-corrected chi connectivity index (χ4v) is 1.12. The molecule has 0 bridgehead atoms. The molecule has 5 heteroatoms. The molecule has 1 rings (SSSR count). The molecule has 0 radical (unpaired) electrons. The Morgan fingerprint density at radius 3 is 2.67 bits per heavy atom. The largest absolute Gasteiger partial charge is 0.345 e. The molecule has 3 nitrogen and oxygen atoms in total. The Morgan fingerprint density at radius 1 is 1.47 bits per heavy atom. The molecular formula is C10H10Cl2N2O. The van der Waals surface area contributed by atoms with Gasteiger partial charge in [0.25, 0.3) is 0 Å². The molecule has 0 N–H and O–H groups in total. The van der Waals surface area contributed by atoms with E-state index >= 15 is 0 Å². The van der Waals surface area contributed by atoms with E-state index in [0.717, 1.165) is 5.56 Å². The van der Waals surface area contributed by atoms with Gasteiger partial charge in [-0.25, -0.2) is 4.98 Å². The SMILES string of the molecule is CN(C)C(=O)C=Cc1cnc(Cl)c(Cl)c1. The van der Waals surface area contributed by atoms with Gasteiger partial charge in [-0.15, -0.1) is 0 Å². The quantitative estimate of drug-likeness (QED) is 0.592. The number of pyridine rings is 1. The topological polar surface area (TPSA) is 33.2 Å². The minimum absolute atomic E-state index is 0.0962. The number of hydrogen-bond donors (Lipinski definition) is 0. The molecule has 0 aromatic carbocycles. The highest BCUT2D eigenvalue weighted by Gasteiger charge is 2.00. The van der Waals surface area contributed by atoms with Crippen LogP contribution in [0.3, 0.4) is 0 Å². The van der Waals surface area contributed by atoms with Crippen LogP contribution in [-0.4, -0.2) is 29.9 Å². The Balaban J connectivity index is 2.81. The molecule has 0 saturated heterocycles. The van der Waals surface area contributed by atoms with Crippen LogP contribution in [0.15, 0.2) is 18.3 Å². The highest BCUT2D eigenvalue weighted by atomic mass is 35.5. The molecule has 0 aliphatic heterocycles. The van der Waals surface area contributed by atoms with Crippen molar-refractivity contribution in [3.05, 3.63) is 34.1 Å². The van der Waals surface area contributed by atoms with Crippen molar-refractivity contribution in [2.24, 2.45) is 0 Å². The van der Waals surface area contributed by atoms with Gasteiger partial charge in [-0.05, 0) is 17.7 Å². The molecule has 1 amide bonds. The third-order valence-corrected chi connectivity index (χ3v) is 2.36. The van der Waals surface area contributed by atoms with Crippen molar-refractivity contribution in [3.63, 3.8) is 0 Å². The smallest absolute Gasteiger partial charge is 0.246 e. The number of aromatic nitrogens is 1. The van der Waals surface area contributed by atoms with Gasteiger partial charge in [-0.3, -0.25) is 4.79 Å². The van der Waals surface area contributed by atoms with E-state index in [1.807, 2.05) is 0 Å². The molecule has 0 atom stereocenters. The molecule has 1 aromatic rings. The first-order chi connectivity index (χ1) is 7.00. The number of carbonyl (C=O) groups excluding carboxylic acids is 1. The van der Waals surface area contributed by atoms with Gasteiger partial charge in [0.1, 0.15) is 5.15 Å². The van der Waals surface area contributed by atoms with Crippen molar-refractivity contribution in [3.8, 4) is 0 Å². The highest BCUT2D eigenvalue weighted by molar-refractivity contribution is 6.41. The van der Waals surface area contributed by atoms with Gasteiger partial charge >= 0.3 is 0 Å². The summed E-state index contributed by atoms with van der Waals surface area (Å²) < 4.78 is 0. The molecule has 0 spiro atoms. The first-order valence-corrected chi connectivity index (χ1v) is 4.96. The van der Waals surface area contributed by atoms with Crippen LogP contribution in [0.5, 0.6) is 0 Å². The maximum Gasteiger partial charge on any atom is 0.246 e. The third-order valence-electron chi connectivity index (χ3n) is 1.68. The summed E-state index contributed by atoms with van der Waals surface area (Å²) in [5, 5.41) is 0.629. The van der Waals surface area contributed by atoms with E-state index in [9.17, 15) is 4.79 Å². The molecule has 0 aliphatic carbocycles. The van der Waals surface area contributed by atoms with Gasteiger partial charge in [0.15, 0.2) is 0 Å². The number of rotatable bonds is 2. The van der Waals surface area contributed by atoms with Gasteiger partial charge in [-0.2, -0.15) is 0 Å². The van der Waals surface area contributed by atoms with Crippen LogP contribution in [0.1, 0.15) is 5.56 Å². The molecule has 1 heterocycles. The van der Waals surface area contributed by atoms with Crippen LogP contribution < -0.4 is 0 Å². The van der Waals surface area contributed by atoms with Crippen molar-refractivity contribution in [1.29, 1.82) is 0 Å². The van der Waals surface area contributed by atoms with E-state index in [4.69, 9.17) is 23.2 Å². The Labute approximate surface area is 98.3 Å². The molecule has 0 aliphatic rings. The van der Waals surface area contributed by atoms with E-state index in [-0.39, 0.29) is 11.1 Å². The summed E-state index contributed by atoms with van der Waals surface area (Å²) in [5.41, 5.74) is 0.736.